The number of ether oxygens (including phenoxy) is 2. The molecule has 4 unspecified atom stereocenters. The van der Waals surface area contributed by atoms with Crippen molar-refractivity contribution in [2.45, 2.75) is 46.1 Å². The number of carbonyl (C=O) groups excluding carboxylic acids is 1. The number of Topliss-reactive ketones (excluding diaryl/α,β-unsaturated/α-hetero) is 1. The van der Waals surface area contributed by atoms with E-state index in [1.807, 2.05) is 6.08 Å². The monoisotopic (exact) mass is 266 g/mol. The summed E-state index contributed by atoms with van der Waals surface area (Å²) in [5.41, 5.74) is -0.457. The summed E-state index contributed by atoms with van der Waals surface area (Å²) in [5.74, 6) is 1.11. The molecule has 19 heavy (non-hydrogen) atoms. The van der Waals surface area contributed by atoms with Gasteiger partial charge in [-0.05, 0) is 25.2 Å². The molecule has 4 atom stereocenters. The van der Waals surface area contributed by atoms with Gasteiger partial charge in [0.15, 0.2) is 0 Å². The van der Waals surface area contributed by atoms with Crippen LogP contribution in [0.25, 0.3) is 0 Å². The fourth-order valence-corrected chi connectivity index (χ4v) is 4.19. The van der Waals surface area contributed by atoms with Crippen LogP contribution in [0.5, 0.6) is 0 Å². The number of carbonyl (C=O) groups is 1. The first-order valence-electron chi connectivity index (χ1n) is 7.16. The van der Waals surface area contributed by atoms with Crippen molar-refractivity contribution in [1.82, 2.24) is 0 Å². The Morgan fingerprint density at radius 3 is 2.74 bits per heavy atom. The van der Waals surface area contributed by atoms with Crippen LogP contribution in [0.2, 0.25) is 0 Å². The van der Waals surface area contributed by atoms with Crippen LogP contribution >= 0.6 is 0 Å². The quantitative estimate of drug-likeness (QED) is 0.566. The molecular weight excluding hydrogens is 240 g/mol. The third kappa shape index (κ3) is 2.17. The number of ketones is 1. The average molecular weight is 266 g/mol. The van der Waals surface area contributed by atoms with Crippen molar-refractivity contribution < 1.29 is 14.3 Å². The molecule has 3 fully saturated rings. The molecule has 3 aliphatic carbocycles. The Balaban J connectivity index is 2.25. The van der Waals surface area contributed by atoms with Crippen LogP contribution in [0.3, 0.4) is 0 Å². The summed E-state index contributed by atoms with van der Waals surface area (Å²) < 4.78 is 10.7. The van der Waals surface area contributed by atoms with Crippen LogP contribution in [0, 0.1) is 22.7 Å². The molecule has 0 radical (unpaired) electrons. The number of rotatable bonds is 5. The molecule has 0 N–H and O–H groups in total. The molecule has 0 aromatic heterocycles. The molecule has 108 valence electrons. The summed E-state index contributed by atoms with van der Waals surface area (Å²) in [7, 11) is 1.61. The highest BCUT2D eigenvalue weighted by Crippen LogP contribution is 2.59. The molecule has 3 aliphatic rings. The van der Waals surface area contributed by atoms with Crippen molar-refractivity contribution in [3.05, 3.63) is 12.7 Å². The smallest absolute Gasteiger partial charge is 0.147 e. The van der Waals surface area contributed by atoms with Gasteiger partial charge in [0, 0.05) is 23.9 Å². The van der Waals surface area contributed by atoms with E-state index in [-0.39, 0.29) is 29.6 Å². The lowest BCUT2D eigenvalue weighted by Crippen LogP contribution is -2.59. The summed E-state index contributed by atoms with van der Waals surface area (Å²) in [5, 5.41) is 0. The third-order valence-corrected chi connectivity index (χ3v) is 5.50. The molecule has 0 heterocycles. The van der Waals surface area contributed by atoms with Gasteiger partial charge in [-0.1, -0.05) is 26.8 Å². The molecule has 3 heteroatoms. The zero-order valence-electron chi connectivity index (χ0n) is 12.6. The van der Waals surface area contributed by atoms with Crippen LogP contribution in [0.15, 0.2) is 12.7 Å². The lowest BCUT2D eigenvalue weighted by Gasteiger charge is -2.57. The topological polar surface area (TPSA) is 35.5 Å². The van der Waals surface area contributed by atoms with E-state index in [0.717, 1.165) is 19.3 Å². The standard InChI is InChI=1S/C16H26O3/c1-6-13(19-10-18-5)12-9-11-7-8-16(12,4)14(17)15(11,2)3/h6,11-13H,1,7-10H2,2-5H3. The van der Waals surface area contributed by atoms with E-state index in [9.17, 15) is 4.79 Å². The van der Waals surface area contributed by atoms with Crippen LogP contribution in [0.4, 0.5) is 0 Å². The minimum atomic E-state index is -0.273. The second kappa shape index (κ2) is 5.02. The van der Waals surface area contributed by atoms with Gasteiger partial charge in [-0.3, -0.25) is 4.79 Å². The highest BCUT2D eigenvalue weighted by Gasteiger charge is 2.60. The summed E-state index contributed by atoms with van der Waals surface area (Å²) >= 11 is 0. The van der Waals surface area contributed by atoms with Crippen molar-refractivity contribution in [1.29, 1.82) is 0 Å². The number of fused-ring (bicyclic) bond motifs is 3. The molecule has 3 nitrogen and oxygen atoms in total. The highest BCUT2D eigenvalue weighted by molar-refractivity contribution is 5.91. The average Bonchev–Trinajstić information content (AvgIpc) is 2.38. The zero-order chi connectivity index (χ0) is 14.3. The van der Waals surface area contributed by atoms with E-state index in [4.69, 9.17) is 9.47 Å². The van der Waals surface area contributed by atoms with E-state index >= 15 is 0 Å². The van der Waals surface area contributed by atoms with Gasteiger partial charge >= 0.3 is 0 Å². The van der Waals surface area contributed by atoms with Crippen LogP contribution in [0.1, 0.15) is 40.0 Å². The normalized spacial score (nSPS) is 38.2. The van der Waals surface area contributed by atoms with E-state index < -0.39 is 0 Å². The lowest BCUT2D eigenvalue weighted by atomic mass is 9.46. The fraction of sp³-hybridized carbons (Fsp3) is 0.812. The number of hydrogen-bond donors (Lipinski definition) is 0. The molecule has 0 amide bonds. The molecule has 0 aliphatic heterocycles. The predicted octanol–water partition coefficient (Wildman–Crippen LogP) is 3.19. The first-order valence-corrected chi connectivity index (χ1v) is 7.16. The predicted molar refractivity (Wildman–Crippen MR) is 74.7 cm³/mol. The van der Waals surface area contributed by atoms with Gasteiger partial charge in [-0.25, -0.2) is 0 Å². The highest BCUT2D eigenvalue weighted by atomic mass is 16.7. The minimum absolute atomic E-state index is 0.0900. The molecule has 3 saturated carbocycles. The van der Waals surface area contributed by atoms with Gasteiger partial charge < -0.3 is 9.47 Å². The van der Waals surface area contributed by atoms with Gasteiger partial charge in [-0.15, -0.1) is 6.58 Å². The van der Waals surface area contributed by atoms with E-state index in [1.165, 1.54) is 0 Å². The molecular formula is C16H26O3. The minimum Gasteiger partial charge on any atom is -0.359 e. The summed E-state index contributed by atoms with van der Waals surface area (Å²) in [6.45, 7) is 10.5. The second-order valence-corrected chi connectivity index (χ2v) is 6.82. The Morgan fingerprint density at radius 2 is 2.16 bits per heavy atom. The van der Waals surface area contributed by atoms with E-state index in [1.54, 1.807) is 7.11 Å². The number of hydrogen-bond acceptors (Lipinski definition) is 3. The van der Waals surface area contributed by atoms with Gasteiger partial charge in [-0.2, -0.15) is 0 Å². The van der Waals surface area contributed by atoms with Crippen LogP contribution in [-0.4, -0.2) is 25.8 Å². The van der Waals surface area contributed by atoms with Crippen LogP contribution < -0.4 is 0 Å². The Bertz CT molecular complexity index is 374. The van der Waals surface area contributed by atoms with E-state index in [0.29, 0.717) is 11.7 Å². The Morgan fingerprint density at radius 1 is 1.47 bits per heavy atom. The van der Waals surface area contributed by atoms with Crippen molar-refractivity contribution in [3.8, 4) is 0 Å². The van der Waals surface area contributed by atoms with E-state index in [2.05, 4.69) is 27.4 Å². The maximum absolute atomic E-state index is 12.8. The summed E-state index contributed by atoms with van der Waals surface area (Å²) in [6, 6.07) is 0. The molecule has 3 rings (SSSR count). The number of methoxy groups -OCH3 is 1. The molecule has 0 spiro atoms. The SMILES string of the molecule is C=CC(OCOC)C1CC2CCC1(C)C(=O)C2(C)C. The summed E-state index contributed by atoms with van der Waals surface area (Å²) in [4.78, 5) is 12.8. The van der Waals surface area contributed by atoms with Gasteiger partial charge in [0.05, 0.1) is 6.10 Å². The van der Waals surface area contributed by atoms with Crippen molar-refractivity contribution in [3.63, 3.8) is 0 Å². The third-order valence-electron chi connectivity index (χ3n) is 5.50. The second-order valence-electron chi connectivity index (χ2n) is 6.82. The fourth-order valence-electron chi connectivity index (χ4n) is 4.19. The summed E-state index contributed by atoms with van der Waals surface area (Å²) in [6.07, 6.45) is 4.92. The maximum atomic E-state index is 12.8. The van der Waals surface area contributed by atoms with Crippen molar-refractivity contribution >= 4 is 5.78 Å². The maximum Gasteiger partial charge on any atom is 0.147 e. The van der Waals surface area contributed by atoms with Crippen LogP contribution in [-0.2, 0) is 14.3 Å². The largest absolute Gasteiger partial charge is 0.359 e. The Kier molecular flexibility index (Phi) is 3.90. The lowest BCUT2D eigenvalue weighted by molar-refractivity contribution is -0.174. The zero-order valence-corrected chi connectivity index (χ0v) is 12.6. The van der Waals surface area contributed by atoms with Gasteiger partial charge in [0.1, 0.15) is 12.6 Å². The molecule has 0 aromatic rings. The molecule has 0 aromatic carbocycles. The van der Waals surface area contributed by atoms with Crippen molar-refractivity contribution in [2.24, 2.45) is 22.7 Å². The first-order chi connectivity index (χ1) is 8.87. The Labute approximate surface area is 116 Å². The molecule has 0 saturated heterocycles. The molecule has 2 bridgehead atoms. The van der Waals surface area contributed by atoms with Crippen molar-refractivity contribution in [2.75, 3.05) is 13.9 Å². The Hall–Kier alpha value is -0.670. The van der Waals surface area contributed by atoms with Gasteiger partial charge in [0.25, 0.3) is 0 Å². The first kappa shape index (κ1) is 14.7. The van der Waals surface area contributed by atoms with Gasteiger partial charge in [0.2, 0.25) is 0 Å².